The summed E-state index contributed by atoms with van der Waals surface area (Å²) in [5.41, 5.74) is -0.00245. The molecule has 2 N–H and O–H groups in total. The van der Waals surface area contributed by atoms with Gasteiger partial charge in [-0.2, -0.15) is 0 Å². The zero-order chi connectivity index (χ0) is 15.6. The van der Waals surface area contributed by atoms with Gasteiger partial charge in [-0.05, 0) is 60.8 Å². The minimum absolute atomic E-state index is 0.0928. The van der Waals surface area contributed by atoms with E-state index in [1.165, 1.54) is 0 Å². The average molecular weight is 364 g/mol. The van der Waals surface area contributed by atoms with Crippen LogP contribution in [0.15, 0.2) is 27.6 Å². The molecule has 1 aromatic rings. The summed E-state index contributed by atoms with van der Waals surface area (Å²) >= 11 is 3.22. The van der Waals surface area contributed by atoms with Gasteiger partial charge in [0.2, 0.25) is 10.0 Å². The van der Waals surface area contributed by atoms with Gasteiger partial charge in [-0.25, -0.2) is 13.1 Å². The minimum atomic E-state index is -3.71. The first-order valence-electron chi connectivity index (χ1n) is 6.05. The van der Waals surface area contributed by atoms with Gasteiger partial charge in [0.25, 0.3) is 0 Å². The number of carbonyl (C=O) groups is 1. The fourth-order valence-electron chi connectivity index (χ4n) is 1.71. The molecule has 0 aliphatic rings. The standard InChI is InChI=1S/C13H18BrNO4S/c1-9-4-5-10(14)11(8-9)20(18,19)15-13(2,3)7-6-12(16)17/h4-5,8,15H,6-7H2,1-3H3,(H,16,17). The Bertz CT molecular complexity index is 611. The van der Waals surface area contributed by atoms with Gasteiger partial charge >= 0.3 is 5.97 Å². The van der Waals surface area contributed by atoms with Gasteiger partial charge in [-0.15, -0.1) is 0 Å². The molecule has 0 radical (unpaired) electrons. The summed E-state index contributed by atoms with van der Waals surface area (Å²) in [4.78, 5) is 10.7. The summed E-state index contributed by atoms with van der Waals surface area (Å²) in [7, 11) is -3.71. The molecule has 1 rings (SSSR count). The normalized spacial score (nSPS) is 12.4. The van der Waals surface area contributed by atoms with Crippen LogP contribution in [-0.4, -0.2) is 25.0 Å². The number of carboxylic acid groups (broad SMARTS) is 1. The van der Waals surface area contributed by atoms with Crippen molar-refractivity contribution in [3.8, 4) is 0 Å². The van der Waals surface area contributed by atoms with Crippen LogP contribution in [0.25, 0.3) is 0 Å². The summed E-state index contributed by atoms with van der Waals surface area (Å²) < 4.78 is 27.8. The third-order valence-corrected chi connectivity index (χ3v) is 5.44. The molecule has 0 aliphatic heterocycles. The van der Waals surface area contributed by atoms with Crippen molar-refractivity contribution < 1.29 is 18.3 Å². The molecule has 0 saturated heterocycles. The zero-order valence-electron chi connectivity index (χ0n) is 11.6. The number of aryl methyl sites for hydroxylation is 1. The summed E-state index contributed by atoms with van der Waals surface area (Å²) in [6, 6.07) is 5.05. The summed E-state index contributed by atoms with van der Waals surface area (Å²) in [5.74, 6) is -0.950. The number of hydrogen-bond donors (Lipinski definition) is 2. The number of nitrogens with one attached hydrogen (secondary N) is 1. The molecule has 0 spiro atoms. The number of rotatable bonds is 6. The maximum atomic E-state index is 12.4. The first-order chi connectivity index (χ1) is 9.03. The molecule has 20 heavy (non-hydrogen) atoms. The van der Waals surface area contributed by atoms with E-state index in [9.17, 15) is 13.2 Å². The van der Waals surface area contributed by atoms with E-state index in [2.05, 4.69) is 20.7 Å². The third kappa shape index (κ3) is 4.88. The van der Waals surface area contributed by atoms with Crippen molar-refractivity contribution in [2.24, 2.45) is 0 Å². The van der Waals surface area contributed by atoms with E-state index in [1.807, 2.05) is 0 Å². The second-order valence-corrected chi connectivity index (χ2v) is 7.82. The van der Waals surface area contributed by atoms with E-state index >= 15 is 0 Å². The lowest BCUT2D eigenvalue weighted by molar-refractivity contribution is -0.137. The van der Waals surface area contributed by atoms with Crippen molar-refractivity contribution in [1.29, 1.82) is 0 Å². The quantitative estimate of drug-likeness (QED) is 0.813. The predicted molar refractivity (Wildman–Crippen MR) is 80.1 cm³/mol. The maximum Gasteiger partial charge on any atom is 0.303 e. The molecule has 0 atom stereocenters. The van der Waals surface area contributed by atoms with E-state index in [0.29, 0.717) is 4.47 Å². The lowest BCUT2D eigenvalue weighted by Gasteiger charge is -2.25. The SMILES string of the molecule is Cc1ccc(Br)c(S(=O)(=O)NC(C)(C)CCC(=O)O)c1. The van der Waals surface area contributed by atoms with Crippen LogP contribution in [0.4, 0.5) is 0 Å². The Kier molecular flexibility index (Phi) is 5.34. The third-order valence-electron chi connectivity index (χ3n) is 2.75. The summed E-state index contributed by atoms with van der Waals surface area (Å²) in [6.07, 6.45) is 0.121. The van der Waals surface area contributed by atoms with Gasteiger partial charge in [0.1, 0.15) is 0 Å². The highest BCUT2D eigenvalue weighted by Gasteiger charge is 2.28. The highest BCUT2D eigenvalue weighted by molar-refractivity contribution is 9.10. The van der Waals surface area contributed by atoms with E-state index < -0.39 is 21.5 Å². The van der Waals surface area contributed by atoms with Crippen LogP contribution in [0, 0.1) is 6.92 Å². The molecule has 7 heteroatoms. The molecule has 0 unspecified atom stereocenters. The number of aliphatic carboxylic acids is 1. The van der Waals surface area contributed by atoms with E-state index in [0.717, 1.165) is 5.56 Å². The van der Waals surface area contributed by atoms with Gasteiger partial charge in [-0.1, -0.05) is 6.07 Å². The van der Waals surface area contributed by atoms with Crippen molar-refractivity contribution >= 4 is 31.9 Å². The molecule has 0 bridgehead atoms. The fraction of sp³-hybridized carbons (Fsp3) is 0.462. The van der Waals surface area contributed by atoms with Crippen LogP contribution in [0.3, 0.4) is 0 Å². The van der Waals surface area contributed by atoms with E-state index in [-0.39, 0.29) is 17.7 Å². The number of halogens is 1. The highest BCUT2D eigenvalue weighted by Crippen LogP contribution is 2.25. The molecule has 5 nitrogen and oxygen atoms in total. The zero-order valence-corrected chi connectivity index (χ0v) is 14.0. The van der Waals surface area contributed by atoms with Gasteiger partial charge < -0.3 is 5.11 Å². The van der Waals surface area contributed by atoms with Gasteiger partial charge in [0, 0.05) is 16.4 Å². The number of sulfonamides is 1. The first kappa shape index (κ1) is 17.1. The molecule has 0 aliphatic carbocycles. The first-order valence-corrected chi connectivity index (χ1v) is 8.33. The lowest BCUT2D eigenvalue weighted by atomic mass is 10.0. The van der Waals surface area contributed by atoms with Crippen LogP contribution in [0.1, 0.15) is 32.3 Å². The van der Waals surface area contributed by atoms with Crippen molar-refractivity contribution in [3.05, 3.63) is 28.2 Å². The lowest BCUT2D eigenvalue weighted by Crippen LogP contribution is -2.43. The molecule has 1 aromatic carbocycles. The monoisotopic (exact) mass is 363 g/mol. The molecule has 0 heterocycles. The largest absolute Gasteiger partial charge is 0.481 e. The predicted octanol–water partition coefficient (Wildman–Crippen LogP) is 2.68. The fourth-order valence-corrected chi connectivity index (χ4v) is 4.20. The summed E-state index contributed by atoms with van der Waals surface area (Å²) in [6.45, 7) is 5.13. The Morgan fingerprint density at radius 1 is 1.40 bits per heavy atom. The molecule has 0 amide bonds. The van der Waals surface area contributed by atoms with Crippen molar-refractivity contribution in [2.75, 3.05) is 0 Å². The van der Waals surface area contributed by atoms with Gasteiger partial charge in [-0.3, -0.25) is 4.79 Å². The molecular formula is C13H18BrNO4S. The molecule has 0 fully saturated rings. The van der Waals surface area contributed by atoms with Crippen molar-refractivity contribution in [2.45, 2.75) is 44.0 Å². The Morgan fingerprint density at radius 3 is 2.55 bits per heavy atom. The van der Waals surface area contributed by atoms with Crippen LogP contribution in [0.5, 0.6) is 0 Å². The Hall–Kier alpha value is -0.920. The van der Waals surface area contributed by atoms with E-state index in [4.69, 9.17) is 5.11 Å². The van der Waals surface area contributed by atoms with Crippen molar-refractivity contribution in [1.82, 2.24) is 4.72 Å². The van der Waals surface area contributed by atoms with Gasteiger partial charge in [0.05, 0.1) is 4.90 Å². The topological polar surface area (TPSA) is 83.5 Å². The minimum Gasteiger partial charge on any atom is -0.481 e. The number of carboxylic acids is 1. The second kappa shape index (κ2) is 6.24. The van der Waals surface area contributed by atoms with Crippen LogP contribution >= 0.6 is 15.9 Å². The molecular weight excluding hydrogens is 346 g/mol. The van der Waals surface area contributed by atoms with Gasteiger partial charge in [0.15, 0.2) is 0 Å². The number of hydrogen-bond acceptors (Lipinski definition) is 3. The van der Waals surface area contributed by atoms with Crippen LogP contribution in [-0.2, 0) is 14.8 Å². The van der Waals surface area contributed by atoms with Crippen LogP contribution < -0.4 is 4.72 Å². The average Bonchev–Trinajstić information content (AvgIpc) is 2.28. The molecule has 0 saturated carbocycles. The maximum absolute atomic E-state index is 12.4. The Balaban J connectivity index is 3.00. The molecule has 112 valence electrons. The summed E-state index contributed by atoms with van der Waals surface area (Å²) in [5, 5.41) is 8.69. The second-order valence-electron chi connectivity index (χ2n) is 5.32. The molecule has 0 aromatic heterocycles. The Morgan fingerprint density at radius 2 is 2.00 bits per heavy atom. The smallest absolute Gasteiger partial charge is 0.303 e. The highest BCUT2D eigenvalue weighted by atomic mass is 79.9. The van der Waals surface area contributed by atoms with E-state index in [1.54, 1.807) is 39.0 Å². The Labute approximate surface area is 127 Å². The number of benzene rings is 1. The van der Waals surface area contributed by atoms with Crippen molar-refractivity contribution in [3.63, 3.8) is 0 Å². The van der Waals surface area contributed by atoms with Crippen LogP contribution in [0.2, 0.25) is 0 Å².